The van der Waals surface area contributed by atoms with Crippen molar-refractivity contribution in [2.45, 2.75) is 12.5 Å². The first-order chi connectivity index (χ1) is 14.0. The van der Waals surface area contributed by atoms with Crippen molar-refractivity contribution in [3.05, 3.63) is 58.1 Å². The predicted molar refractivity (Wildman–Crippen MR) is 124 cm³/mol. The van der Waals surface area contributed by atoms with Gasteiger partial charge in [-0.3, -0.25) is 5.01 Å². The van der Waals surface area contributed by atoms with Crippen molar-refractivity contribution >= 4 is 65.1 Å². The van der Waals surface area contributed by atoms with Gasteiger partial charge in [0.1, 0.15) is 12.8 Å². The van der Waals surface area contributed by atoms with Gasteiger partial charge in [-0.05, 0) is 23.8 Å². The molecule has 2 aliphatic heterocycles. The number of benzene rings is 2. The van der Waals surface area contributed by atoms with Gasteiger partial charge in [0.15, 0.2) is 0 Å². The summed E-state index contributed by atoms with van der Waals surface area (Å²) in [6.07, 6.45) is 0.652. The Balaban J connectivity index is 1.62. The first-order valence-corrected chi connectivity index (χ1v) is 10.5. The van der Waals surface area contributed by atoms with Crippen molar-refractivity contribution in [3.63, 3.8) is 0 Å². The molecule has 0 spiro atoms. The number of hydrogen-bond donors (Lipinski definition) is 1. The van der Waals surface area contributed by atoms with Gasteiger partial charge in [0, 0.05) is 24.5 Å². The summed E-state index contributed by atoms with van der Waals surface area (Å²) >= 11 is 18.2. The van der Waals surface area contributed by atoms with Crippen LogP contribution >= 0.6 is 35.4 Å². The van der Waals surface area contributed by atoms with Gasteiger partial charge in [0.05, 0.1) is 35.7 Å². The largest absolute Gasteiger partial charge is 0.379 e. The molecule has 0 saturated carbocycles. The Bertz CT molecular complexity index is 935. The van der Waals surface area contributed by atoms with E-state index in [1.165, 1.54) is 0 Å². The molecule has 1 saturated heterocycles. The molecule has 29 heavy (non-hydrogen) atoms. The Hall–Kier alpha value is -1.64. The van der Waals surface area contributed by atoms with Gasteiger partial charge in [0.25, 0.3) is 0 Å². The van der Waals surface area contributed by atoms with Gasteiger partial charge < -0.3 is 10.2 Å². The number of thiocarbonyl (C=S) groups is 1. The Morgan fingerprint density at radius 1 is 1.14 bits per heavy atom. The lowest BCUT2D eigenvalue weighted by molar-refractivity contribution is 0.0255. The van der Waals surface area contributed by atoms with Crippen LogP contribution in [0.2, 0.25) is 10.0 Å². The fourth-order valence-electron chi connectivity index (χ4n) is 3.40. The van der Waals surface area contributed by atoms with Crippen LogP contribution in [0.4, 0.5) is 5.69 Å². The van der Waals surface area contributed by atoms with Gasteiger partial charge >= 0.3 is 0 Å². The number of hydrazone groups is 1. The normalized spacial score (nSPS) is 19.9. The van der Waals surface area contributed by atoms with Crippen molar-refractivity contribution in [2.24, 2.45) is 5.10 Å². The summed E-state index contributed by atoms with van der Waals surface area (Å²) in [6.45, 7) is 2.92. The zero-order chi connectivity index (χ0) is 20.4. The summed E-state index contributed by atoms with van der Waals surface area (Å²) in [5, 5.41) is 9.91. The molecule has 2 aliphatic rings. The highest BCUT2D eigenvalue weighted by atomic mass is 35.5. The maximum atomic E-state index is 6.48. The van der Waals surface area contributed by atoms with Crippen LogP contribution in [-0.4, -0.2) is 49.9 Å². The van der Waals surface area contributed by atoms with Gasteiger partial charge in [-0.25, -0.2) is 5.01 Å². The second-order valence-electron chi connectivity index (χ2n) is 6.91. The third kappa shape index (κ3) is 4.76. The summed E-state index contributed by atoms with van der Waals surface area (Å²) in [7, 11) is 5.87. The number of ether oxygens (including phenoxy) is 1. The van der Waals surface area contributed by atoms with Crippen LogP contribution in [0.25, 0.3) is 0 Å². The van der Waals surface area contributed by atoms with E-state index in [-0.39, 0.29) is 6.04 Å². The van der Waals surface area contributed by atoms with E-state index in [0.29, 0.717) is 40.1 Å². The molecule has 2 aromatic carbocycles. The first-order valence-electron chi connectivity index (χ1n) is 9.32. The van der Waals surface area contributed by atoms with Crippen molar-refractivity contribution in [1.29, 1.82) is 0 Å². The summed E-state index contributed by atoms with van der Waals surface area (Å²) in [5.41, 5.74) is 6.67. The third-order valence-corrected chi connectivity index (χ3v) is 5.79. The lowest BCUT2D eigenvalue weighted by atomic mass is 9.92. The van der Waals surface area contributed by atoms with Crippen LogP contribution in [0.1, 0.15) is 18.0 Å². The fraction of sp³-hybridized carbons (Fsp3) is 0.300. The molecule has 0 aromatic heterocycles. The van der Waals surface area contributed by atoms with E-state index in [1.54, 1.807) is 12.1 Å². The van der Waals surface area contributed by atoms with Crippen LogP contribution in [0.15, 0.2) is 47.6 Å². The Labute approximate surface area is 187 Å². The SMILES string of the molecule is [B]c1ccc(C2CC(C(=S)NN3CCOCC3)=NN2c2ccc(Cl)cc2Cl)cc1. The van der Waals surface area contributed by atoms with E-state index >= 15 is 0 Å². The quantitative estimate of drug-likeness (QED) is 0.578. The van der Waals surface area contributed by atoms with E-state index in [2.05, 4.69) is 10.4 Å². The minimum Gasteiger partial charge on any atom is -0.379 e. The van der Waals surface area contributed by atoms with Crippen molar-refractivity contribution < 1.29 is 4.74 Å². The molecule has 2 radical (unpaired) electrons. The molecular formula is C20H19BCl2N4OS. The highest BCUT2D eigenvalue weighted by Gasteiger charge is 2.32. The van der Waals surface area contributed by atoms with Crippen molar-refractivity contribution in [2.75, 3.05) is 31.3 Å². The lowest BCUT2D eigenvalue weighted by Crippen LogP contribution is -2.49. The van der Waals surface area contributed by atoms with E-state index in [1.807, 2.05) is 35.3 Å². The van der Waals surface area contributed by atoms with Gasteiger partial charge in [0.2, 0.25) is 0 Å². The lowest BCUT2D eigenvalue weighted by Gasteiger charge is -2.27. The highest BCUT2D eigenvalue weighted by Crippen LogP contribution is 2.39. The third-order valence-electron chi connectivity index (χ3n) is 4.92. The van der Waals surface area contributed by atoms with Crippen LogP contribution in [0.5, 0.6) is 0 Å². The maximum absolute atomic E-state index is 6.48. The molecular weight excluding hydrogens is 426 g/mol. The smallest absolute Gasteiger partial charge is 0.137 e. The molecule has 0 aliphatic carbocycles. The minimum atomic E-state index is -0.0475. The molecule has 4 rings (SSSR count). The second kappa shape index (κ2) is 9.02. The molecule has 9 heteroatoms. The van der Waals surface area contributed by atoms with Crippen LogP contribution in [0.3, 0.4) is 0 Å². The Morgan fingerprint density at radius 2 is 1.86 bits per heavy atom. The summed E-state index contributed by atoms with van der Waals surface area (Å²) in [6, 6.07) is 13.1. The number of rotatable bonds is 4. The standard InChI is InChI=1S/C20H19BCl2N4OS/c21-14-3-1-13(2-4-14)19-12-17(20(29)25-26-7-9-28-10-8-26)24-27(19)18-6-5-15(22)11-16(18)23/h1-6,11,19H,7-10,12H2,(H,25,29). The number of hydrazine groups is 1. The predicted octanol–water partition coefficient (Wildman–Crippen LogP) is 3.26. The molecule has 1 N–H and O–H groups in total. The number of nitrogens with zero attached hydrogens (tertiary/aromatic N) is 3. The number of nitrogens with one attached hydrogen (secondary N) is 1. The fourth-order valence-corrected chi connectivity index (χ4v) is 4.15. The van der Waals surface area contributed by atoms with Crippen LogP contribution in [-0.2, 0) is 4.74 Å². The second-order valence-corrected chi connectivity index (χ2v) is 8.17. The molecule has 0 bridgehead atoms. The summed E-state index contributed by atoms with van der Waals surface area (Å²) in [4.78, 5) is 0.611. The van der Waals surface area contributed by atoms with E-state index in [4.69, 9.17) is 53.1 Å². The average Bonchev–Trinajstić information content (AvgIpc) is 3.14. The topological polar surface area (TPSA) is 40.1 Å². The maximum Gasteiger partial charge on any atom is 0.137 e. The zero-order valence-corrected chi connectivity index (χ0v) is 18.0. The van der Waals surface area contributed by atoms with Gasteiger partial charge in [-0.1, -0.05) is 65.1 Å². The molecule has 0 amide bonds. The zero-order valence-electron chi connectivity index (χ0n) is 15.6. The molecule has 1 unspecified atom stereocenters. The summed E-state index contributed by atoms with van der Waals surface area (Å²) < 4.78 is 5.39. The first kappa shape index (κ1) is 20.6. The molecule has 2 heterocycles. The number of morpholine rings is 1. The molecule has 5 nitrogen and oxygen atoms in total. The molecule has 1 atom stereocenters. The van der Waals surface area contributed by atoms with Crippen LogP contribution in [0, 0.1) is 0 Å². The van der Waals surface area contributed by atoms with Gasteiger partial charge in [-0.15, -0.1) is 0 Å². The van der Waals surface area contributed by atoms with E-state index < -0.39 is 0 Å². The van der Waals surface area contributed by atoms with Crippen LogP contribution < -0.4 is 15.9 Å². The minimum absolute atomic E-state index is 0.0475. The molecule has 2 aromatic rings. The Morgan fingerprint density at radius 3 is 2.55 bits per heavy atom. The van der Waals surface area contributed by atoms with Gasteiger partial charge in [-0.2, -0.15) is 5.10 Å². The Kier molecular flexibility index (Phi) is 6.42. The number of anilines is 1. The monoisotopic (exact) mass is 444 g/mol. The average molecular weight is 445 g/mol. The number of hydrogen-bond acceptors (Lipinski definition) is 5. The highest BCUT2D eigenvalue weighted by molar-refractivity contribution is 7.82. The van der Waals surface area contributed by atoms with Crippen molar-refractivity contribution in [3.8, 4) is 0 Å². The summed E-state index contributed by atoms with van der Waals surface area (Å²) in [5.74, 6) is 0. The van der Waals surface area contributed by atoms with E-state index in [0.717, 1.165) is 30.1 Å². The molecule has 1 fully saturated rings. The molecule has 148 valence electrons. The van der Waals surface area contributed by atoms with Crippen molar-refractivity contribution in [1.82, 2.24) is 10.4 Å². The van der Waals surface area contributed by atoms with E-state index in [9.17, 15) is 0 Å². The number of halogens is 2.